The summed E-state index contributed by atoms with van der Waals surface area (Å²) in [7, 11) is 1.80. The number of thiophene rings is 1. The molecule has 4 nitrogen and oxygen atoms in total. The molecule has 1 aliphatic heterocycles. The highest BCUT2D eigenvalue weighted by atomic mass is 32.1. The van der Waals surface area contributed by atoms with Crippen LogP contribution in [0.25, 0.3) is 0 Å². The molecular formula is C19H24N4S. The number of hydrogen-bond donors (Lipinski definition) is 2. The maximum atomic E-state index is 4.29. The second kappa shape index (κ2) is 8.02. The molecule has 0 atom stereocenters. The van der Waals surface area contributed by atoms with Crippen LogP contribution in [-0.4, -0.2) is 26.1 Å². The Morgan fingerprint density at radius 2 is 1.75 bits per heavy atom. The number of nitrogens with one attached hydrogen (secondary N) is 2. The van der Waals surface area contributed by atoms with E-state index < -0.39 is 0 Å². The van der Waals surface area contributed by atoms with Crippen LogP contribution < -0.4 is 15.5 Å². The van der Waals surface area contributed by atoms with Crippen molar-refractivity contribution in [2.24, 2.45) is 4.99 Å². The highest BCUT2D eigenvalue weighted by Crippen LogP contribution is 2.17. The Hall–Kier alpha value is -2.27. The van der Waals surface area contributed by atoms with Gasteiger partial charge in [0.15, 0.2) is 5.96 Å². The van der Waals surface area contributed by atoms with Crippen molar-refractivity contribution >= 4 is 23.0 Å². The minimum atomic E-state index is 0.766. The predicted octanol–water partition coefficient (Wildman–Crippen LogP) is 3.30. The van der Waals surface area contributed by atoms with Crippen molar-refractivity contribution in [3.8, 4) is 0 Å². The van der Waals surface area contributed by atoms with Gasteiger partial charge in [-0.3, -0.25) is 4.99 Å². The van der Waals surface area contributed by atoms with E-state index in [2.05, 4.69) is 76.0 Å². The molecule has 2 N–H and O–H groups in total. The van der Waals surface area contributed by atoms with E-state index in [4.69, 9.17) is 0 Å². The molecule has 24 heavy (non-hydrogen) atoms. The first kappa shape index (κ1) is 16.6. The van der Waals surface area contributed by atoms with E-state index in [0.717, 1.165) is 32.1 Å². The van der Waals surface area contributed by atoms with Crippen LogP contribution in [0.15, 0.2) is 53.5 Å². The van der Waals surface area contributed by atoms with E-state index in [0.29, 0.717) is 0 Å². The molecule has 0 unspecified atom stereocenters. The van der Waals surface area contributed by atoms with Crippen molar-refractivity contribution in [2.45, 2.75) is 20.0 Å². The molecule has 0 spiro atoms. The lowest BCUT2D eigenvalue weighted by Crippen LogP contribution is -2.36. The number of hydrogen-bond acceptors (Lipinski definition) is 3. The zero-order valence-corrected chi connectivity index (χ0v) is 15.1. The van der Waals surface area contributed by atoms with Crippen molar-refractivity contribution in [1.29, 1.82) is 0 Å². The minimum Gasteiger partial charge on any atom is -0.364 e. The van der Waals surface area contributed by atoms with E-state index in [1.54, 1.807) is 7.05 Å². The Labute approximate surface area is 147 Å². The number of anilines is 1. The van der Waals surface area contributed by atoms with E-state index in [1.165, 1.54) is 21.0 Å². The van der Waals surface area contributed by atoms with Crippen molar-refractivity contribution in [3.63, 3.8) is 0 Å². The SMILES string of the molecule is CN=C(NCc1ccc(N2CC=CC2)cc1)NCc1ccc(C)s1. The van der Waals surface area contributed by atoms with Crippen molar-refractivity contribution in [3.05, 3.63) is 63.9 Å². The third-order valence-electron chi connectivity index (χ3n) is 4.03. The molecule has 2 heterocycles. The quantitative estimate of drug-likeness (QED) is 0.498. The van der Waals surface area contributed by atoms with Crippen molar-refractivity contribution in [2.75, 3.05) is 25.0 Å². The Morgan fingerprint density at radius 3 is 2.38 bits per heavy atom. The van der Waals surface area contributed by atoms with E-state index in [9.17, 15) is 0 Å². The van der Waals surface area contributed by atoms with Gasteiger partial charge in [-0.05, 0) is 36.8 Å². The summed E-state index contributed by atoms with van der Waals surface area (Å²) in [4.78, 5) is 9.29. The predicted molar refractivity (Wildman–Crippen MR) is 104 cm³/mol. The number of benzene rings is 1. The molecule has 0 bridgehead atoms. The zero-order valence-electron chi connectivity index (χ0n) is 14.2. The second-order valence-corrected chi connectivity index (χ2v) is 7.21. The third-order valence-corrected chi connectivity index (χ3v) is 5.03. The lowest BCUT2D eigenvalue weighted by Gasteiger charge is -2.18. The van der Waals surface area contributed by atoms with Crippen LogP contribution in [0.4, 0.5) is 5.69 Å². The normalized spacial score (nSPS) is 14.2. The summed E-state index contributed by atoms with van der Waals surface area (Å²) in [6.07, 6.45) is 4.42. The first-order chi connectivity index (χ1) is 11.7. The van der Waals surface area contributed by atoms with Gasteiger partial charge >= 0.3 is 0 Å². The van der Waals surface area contributed by atoms with Crippen LogP contribution in [-0.2, 0) is 13.1 Å². The number of guanidine groups is 1. The lowest BCUT2D eigenvalue weighted by atomic mass is 10.2. The maximum absolute atomic E-state index is 4.29. The molecule has 0 fully saturated rings. The van der Waals surface area contributed by atoms with Gasteiger partial charge in [-0.25, -0.2) is 0 Å². The second-order valence-electron chi connectivity index (χ2n) is 5.83. The highest BCUT2D eigenvalue weighted by Gasteiger charge is 2.07. The first-order valence-corrected chi connectivity index (χ1v) is 9.05. The Balaban J connectivity index is 1.48. The van der Waals surface area contributed by atoms with E-state index >= 15 is 0 Å². The van der Waals surface area contributed by atoms with Crippen LogP contribution in [0.5, 0.6) is 0 Å². The summed E-state index contributed by atoms with van der Waals surface area (Å²) in [5.41, 5.74) is 2.53. The molecule has 5 heteroatoms. The number of rotatable bonds is 5. The van der Waals surface area contributed by atoms with Gasteiger partial charge in [-0.1, -0.05) is 24.3 Å². The molecule has 1 aromatic heterocycles. The first-order valence-electron chi connectivity index (χ1n) is 8.23. The van der Waals surface area contributed by atoms with Gasteiger partial charge in [-0.2, -0.15) is 0 Å². The average Bonchev–Trinajstić information content (AvgIpc) is 3.27. The van der Waals surface area contributed by atoms with E-state index in [-0.39, 0.29) is 0 Å². The molecule has 0 aliphatic carbocycles. The Morgan fingerprint density at radius 1 is 1.04 bits per heavy atom. The summed E-state index contributed by atoms with van der Waals surface area (Å²) < 4.78 is 0. The smallest absolute Gasteiger partial charge is 0.191 e. The zero-order chi connectivity index (χ0) is 16.8. The molecule has 0 amide bonds. The number of aryl methyl sites for hydroxylation is 1. The number of aliphatic imine (C=N–C) groups is 1. The monoisotopic (exact) mass is 340 g/mol. The van der Waals surface area contributed by atoms with Crippen LogP contribution in [0.3, 0.4) is 0 Å². The van der Waals surface area contributed by atoms with Gasteiger partial charge in [0.05, 0.1) is 6.54 Å². The fraction of sp³-hybridized carbons (Fsp3) is 0.316. The van der Waals surface area contributed by atoms with Gasteiger partial charge in [0.1, 0.15) is 0 Å². The molecular weight excluding hydrogens is 316 g/mol. The molecule has 3 rings (SSSR count). The third kappa shape index (κ3) is 4.38. The van der Waals surface area contributed by atoms with Gasteiger partial charge < -0.3 is 15.5 Å². The molecule has 126 valence electrons. The van der Waals surface area contributed by atoms with Crippen LogP contribution in [0, 0.1) is 6.92 Å². The summed E-state index contributed by atoms with van der Waals surface area (Å²) in [5, 5.41) is 6.73. The van der Waals surface area contributed by atoms with Crippen LogP contribution in [0.2, 0.25) is 0 Å². The highest BCUT2D eigenvalue weighted by molar-refractivity contribution is 7.11. The molecule has 0 saturated heterocycles. The fourth-order valence-corrected chi connectivity index (χ4v) is 3.50. The van der Waals surface area contributed by atoms with Gasteiger partial charge in [0.2, 0.25) is 0 Å². The van der Waals surface area contributed by atoms with Gasteiger partial charge in [0, 0.05) is 42.1 Å². The summed E-state index contributed by atoms with van der Waals surface area (Å²) in [6, 6.07) is 13.0. The average molecular weight is 340 g/mol. The van der Waals surface area contributed by atoms with Gasteiger partial charge in [0.25, 0.3) is 0 Å². The lowest BCUT2D eigenvalue weighted by molar-refractivity contribution is 0.815. The molecule has 0 radical (unpaired) electrons. The standard InChI is InChI=1S/C19H24N4S/c1-15-5-10-18(24-15)14-22-19(20-2)21-13-16-6-8-17(9-7-16)23-11-3-4-12-23/h3-10H,11-14H2,1-2H3,(H2,20,21,22). The van der Waals surface area contributed by atoms with Gasteiger partial charge in [-0.15, -0.1) is 11.3 Å². The summed E-state index contributed by atoms with van der Waals surface area (Å²) >= 11 is 1.81. The Bertz CT molecular complexity index is 707. The molecule has 1 aromatic carbocycles. The van der Waals surface area contributed by atoms with E-state index in [1.807, 2.05) is 11.3 Å². The summed E-state index contributed by atoms with van der Waals surface area (Å²) in [6.45, 7) is 5.72. The molecule has 2 aromatic rings. The van der Waals surface area contributed by atoms with Crippen LogP contribution in [0.1, 0.15) is 15.3 Å². The van der Waals surface area contributed by atoms with Crippen LogP contribution >= 0.6 is 11.3 Å². The van der Waals surface area contributed by atoms with Crippen molar-refractivity contribution in [1.82, 2.24) is 10.6 Å². The number of nitrogens with zero attached hydrogens (tertiary/aromatic N) is 2. The minimum absolute atomic E-state index is 0.766. The molecule has 1 aliphatic rings. The van der Waals surface area contributed by atoms with Crippen molar-refractivity contribution < 1.29 is 0 Å². The topological polar surface area (TPSA) is 39.7 Å². The largest absolute Gasteiger partial charge is 0.364 e. The molecule has 0 saturated carbocycles. The summed E-state index contributed by atoms with van der Waals surface area (Å²) in [5.74, 6) is 0.828. The Kier molecular flexibility index (Phi) is 5.54. The fourth-order valence-electron chi connectivity index (χ4n) is 2.67. The maximum Gasteiger partial charge on any atom is 0.191 e.